The molecule has 2 nitrogen and oxygen atoms in total. The van der Waals surface area contributed by atoms with E-state index in [-0.39, 0.29) is 0 Å². The van der Waals surface area contributed by atoms with Crippen molar-refractivity contribution in [2.75, 3.05) is 6.54 Å². The van der Waals surface area contributed by atoms with E-state index < -0.39 is 0 Å². The molecule has 0 bridgehead atoms. The molecule has 1 unspecified atom stereocenters. The molecule has 0 amide bonds. The van der Waals surface area contributed by atoms with Crippen molar-refractivity contribution in [2.24, 2.45) is 0 Å². The summed E-state index contributed by atoms with van der Waals surface area (Å²) in [5.41, 5.74) is 2.34. The van der Waals surface area contributed by atoms with Crippen LogP contribution in [-0.2, 0) is 0 Å². The van der Waals surface area contributed by atoms with E-state index in [0.717, 1.165) is 40.9 Å². The Balaban J connectivity index is 2.20. The van der Waals surface area contributed by atoms with Gasteiger partial charge in [0.15, 0.2) is 0 Å². The molecule has 1 atom stereocenters. The van der Waals surface area contributed by atoms with Gasteiger partial charge in [-0.2, -0.15) is 0 Å². The van der Waals surface area contributed by atoms with E-state index in [9.17, 15) is 0 Å². The molecule has 0 saturated carbocycles. The van der Waals surface area contributed by atoms with Crippen LogP contribution >= 0.6 is 15.9 Å². The Morgan fingerprint density at radius 1 is 1.20 bits per heavy atom. The van der Waals surface area contributed by atoms with Crippen LogP contribution in [0.1, 0.15) is 44.1 Å². The van der Waals surface area contributed by atoms with Gasteiger partial charge in [0, 0.05) is 10.0 Å². The Kier molecular flexibility index (Phi) is 5.44. The lowest BCUT2D eigenvalue weighted by Crippen LogP contribution is -2.20. The third kappa shape index (κ3) is 3.53. The lowest BCUT2D eigenvalue weighted by Gasteiger charge is -2.13. The quantitative estimate of drug-likeness (QED) is 0.757. The molecule has 0 spiro atoms. The van der Waals surface area contributed by atoms with Crippen LogP contribution in [0.2, 0.25) is 0 Å². The van der Waals surface area contributed by atoms with Crippen molar-refractivity contribution < 1.29 is 4.42 Å². The Morgan fingerprint density at radius 3 is 2.65 bits per heavy atom. The van der Waals surface area contributed by atoms with Gasteiger partial charge in [-0.1, -0.05) is 41.9 Å². The molecular weight excluding hydrogens is 314 g/mol. The van der Waals surface area contributed by atoms with Crippen molar-refractivity contribution in [2.45, 2.75) is 39.7 Å². The molecule has 1 N–H and O–H groups in total. The molecule has 0 fully saturated rings. The van der Waals surface area contributed by atoms with E-state index >= 15 is 0 Å². The molecule has 2 aromatic rings. The van der Waals surface area contributed by atoms with Crippen LogP contribution in [0.3, 0.4) is 0 Å². The number of hydrogen-bond acceptors (Lipinski definition) is 2. The molecule has 20 heavy (non-hydrogen) atoms. The topological polar surface area (TPSA) is 25.2 Å². The van der Waals surface area contributed by atoms with Crippen molar-refractivity contribution in [3.05, 3.63) is 46.1 Å². The van der Waals surface area contributed by atoms with Gasteiger partial charge in [-0.05, 0) is 50.1 Å². The number of rotatable bonds is 6. The average molecular weight is 336 g/mol. The highest BCUT2D eigenvalue weighted by Gasteiger charge is 2.13. The van der Waals surface area contributed by atoms with Crippen molar-refractivity contribution >= 4 is 15.9 Å². The molecule has 1 aromatic heterocycles. The van der Waals surface area contributed by atoms with Crippen molar-refractivity contribution in [3.8, 4) is 11.3 Å². The standard InChI is InChI=1S/C17H22BrNO/c1-4-10-19-15(5-2)17-9-8-16(20-17)13-7-6-12(3)14(18)11-13/h6-9,11,15,19H,4-5,10H2,1-3H3. The van der Waals surface area contributed by atoms with E-state index in [2.05, 4.69) is 72.3 Å². The van der Waals surface area contributed by atoms with Gasteiger partial charge in [-0.15, -0.1) is 0 Å². The lowest BCUT2D eigenvalue weighted by molar-refractivity contribution is 0.411. The number of benzene rings is 1. The maximum absolute atomic E-state index is 6.03. The Bertz CT molecular complexity index is 562. The van der Waals surface area contributed by atoms with Gasteiger partial charge < -0.3 is 9.73 Å². The Labute approximate surface area is 129 Å². The zero-order chi connectivity index (χ0) is 14.5. The van der Waals surface area contributed by atoms with Crippen molar-refractivity contribution in [3.63, 3.8) is 0 Å². The van der Waals surface area contributed by atoms with Crippen LogP contribution in [0.15, 0.2) is 39.2 Å². The number of halogens is 1. The van der Waals surface area contributed by atoms with E-state index in [4.69, 9.17) is 4.42 Å². The third-order valence-electron chi connectivity index (χ3n) is 3.48. The summed E-state index contributed by atoms with van der Waals surface area (Å²) in [6, 6.07) is 10.8. The van der Waals surface area contributed by atoms with Gasteiger partial charge in [0.1, 0.15) is 11.5 Å². The molecule has 1 aromatic carbocycles. The minimum absolute atomic E-state index is 0.303. The molecule has 0 aliphatic heterocycles. The first-order valence-corrected chi connectivity index (χ1v) is 8.04. The van der Waals surface area contributed by atoms with E-state index in [1.165, 1.54) is 5.56 Å². The van der Waals surface area contributed by atoms with E-state index in [1.807, 2.05) is 0 Å². The van der Waals surface area contributed by atoms with Crippen LogP contribution in [0.5, 0.6) is 0 Å². The Morgan fingerprint density at radius 2 is 2.00 bits per heavy atom. The second kappa shape index (κ2) is 7.09. The van der Waals surface area contributed by atoms with Gasteiger partial charge in [0.25, 0.3) is 0 Å². The first kappa shape index (κ1) is 15.3. The largest absolute Gasteiger partial charge is 0.459 e. The van der Waals surface area contributed by atoms with Crippen molar-refractivity contribution in [1.82, 2.24) is 5.32 Å². The van der Waals surface area contributed by atoms with Crippen molar-refractivity contribution in [1.29, 1.82) is 0 Å². The SMILES string of the molecule is CCCNC(CC)c1ccc(-c2ccc(C)c(Br)c2)o1. The minimum atomic E-state index is 0.303. The zero-order valence-electron chi connectivity index (χ0n) is 12.4. The average Bonchev–Trinajstić information content (AvgIpc) is 2.92. The molecule has 0 aliphatic rings. The molecule has 0 radical (unpaired) electrons. The van der Waals surface area contributed by atoms with Crippen LogP contribution < -0.4 is 5.32 Å². The summed E-state index contributed by atoms with van der Waals surface area (Å²) in [4.78, 5) is 0. The number of nitrogens with one attached hydrogen (secondary N) is 1. The maximum Gasteiger partial charge on any atom is 0.134 e. The summed E-state index contributed by atoms with van der Waals surface area (Å²) in [5.74, 6) is 1.95. The summed E-state index contributed by atoms with van der Waals surface area (Å²) in [6.45, 7) is 7.46. The Hall–Kier alpha value is -1.06. The predicted molar refractivity (Wildman–Crippen MR) is 87.9 cm³/mol. The molecule has 1 heterocycles. The fourth-order valence-electron chi connectivity index (χ4n) is 2.21. The number of furan rings is 1. The third-order valence-corrected chi connectivity index (χ3v) is 4.33. The van der Waals surface area contributed by atoms with Crippen LogP contribution in [0, 0.1) is 6.92 Å². The zero-order valence-corrected chi connectivity index (χ0v) is 14.0. The second-order valence-electron chi connectivity index (χ2n) is 5.08. The van der Waals surface area contributed by atoms with Crippen LogP contribution in [-0.4, -0.2) is 6.54 Å². The van der Waals surface area contributed by atoms with Gasteiger partial charge >= 0.3 is 0 Å². The van der Waals surface area contributed by atoms with E-state index in [0.29, 0.717) is 6.04 Å². The molecule has 0 aliphatic carbocycles. The molecular formula is C17H22BrNO. The van der Waals surface area contributed by atoms with Gasteiger partial charge in [0.05, 0.1) is 6.04 Å². The fourth-order valence-corrected chi connectivity index (χ4v) is 2.58. The summed E-state index contributed by atoms with van der Waals surface area (Å²) in [5, 5.41) is 3.52. The first-order chi connectivity index (χ1) is 9.65. The highest BCUT2D eigenvalue weighted by atomic mass is 79.9. The molecule has 108 valence electrons. The normalized spacial score (nSPS) is 12.6. The predicted octanol–water partition coefficient (Wildman–Crippen LogP) is 5.47. The van der Waals surface area contributed by atoms with E-state index in [1.54, 1.807) is 0 Å². The summed E-state index contributed by atoms with van der Waals surface area (Å²) < 4.78 is 7.15. The monoisotopic (exact) mass is 335 g/mol. The smallest absolute Gasteiger partial charge is 0.134 e. The van der Waals surface area contributed by atoms with Gasteiger partial charge in [-0.25, -0.2) is 0 Å². The lowest BCUT2D eigenvalue weighted by atomic mass is 10.1. The number of aryl methyl sites for hydroxylation is 1. The number of hydrogen-bond donors (Lipinski definition) is 1. The first-order valence-electron chi connectivity index (χ1n) is 7.25. The molecule has 3 heteroatoms. The van der Waals surface area contributed by atoms with Crippen LogP contribution in [0.25, 0.3) is 11.3 Å². The summed E-state index contributed by atoms with van der Waals surface area (Å²) in [6.07, 6.45) is 2.17. The summed E-state index contributed by atoms with van der Waals surface area (Å²) >= 11 is 3.57. The molecule has 2 rings (SSSR count). The highest BCUT2D eigenvalue weighted by Crippen LogP contribution is 2.29. The second-order valence-corrected chi connectivity index (χ2v) is 5.94. The van der Waals surface area contributed by atoms with Gasteiger partial charge in [0.2, 0.25) is 0 Å². The summed E-state index contributed by atoms with van der Waals surface area (Å²) in [7, 11) is 0. The minimum Gasteiger partial charge on any atom is -0.459 e. The fraction of sp³-hybridized carbons (Fsp3) is 0.412. The highest BCUT2D eigenvalue weighted by molar-refractivity contribution is 9.10. The van der Waals surface area contributed by atoms with Gasteiger partial charge in [-0.3, -0.25) is 0 Å². The maximum atomic E-state index is 6.03. The van der Waals surface area contributed by atoms with Crippen LogP contribution in [0.4, 0.5) is 0 Å². The molecule has 0 saturated heterocycles.